The number of nitrogens with zero attached hydrogens (tertiary/aromatic N) is 1. The van der Waals surface area contributed by atoms with Gasteiger partial charge in [0.05, 0.1) is 16.4 Å². The van der Waals surface area contributed by atoms with Gasteiger partial charge in [-0.1, -0.05) is 11.6 Å². The molecule has 0 saturated heterocycles. The van der Waals surface area contributed by atoms with Crippen LogP contribution in [0.25, 0.3) is 0 Å². The Morgan fingerprint density at radius 3 is 2.93 bits per heavy atom. The number of nitrogens with one attached hydrogen (secondary N) is 1. The minimum Gasteiger partial charge on any atom is -0.480 e. The fourth-order valence-corrected chi connectivity index (χ4v) is 1.26. The number of anilines is 1. The molecule has 0 aliphatic rings. The molecule has 1 aromatic heterocycles. The molecule has 6 heteroatoms. The summed E-state index contributed by atoms with van der Waals surface area (Å²) >= 11 is 8.87. The Morgan fingerprint density at radius 1 is 1.79 bits per heavy atom. The van der Waals surface area contributed by atoms with Crippen LogP contribution in [-0.4, -0.2) is 22.1 Å². The molecule has 0 saturated carbocycles. The summed E-state index contributed by atoms with van der Waals surface area (Å²) in [5, 5.41) is 11.8. The molecule has 2 N–H and O–H groups in total. The van der Waals surface area contributed by atoms with Gasteiger partial charge in [-0.25, -0.2) is 4.98 Å². The van der Waals surface area contributed by atoms with Gasteiger partial charge in [-0.3, -0.25) is 4.79 Å². The number of hydrogen-bond donors (Lipinski definition) is 2. The first kappa shape index (κ1) is 11.3. The Kier molecular flexibility index (Phi) is 3.71. The van der Waals surface area contributed by atoms with Crippen molar-refractivity contribution in [3.05, 3.63) is 21.9 Å². The molecule has 1 atom stereocenters. The van der Waals surface area contributed by atoms with Crippen molar-refractivity contribution in [2.45, 2.75) is 13.0 Å². The second-order valence-electron chi connectivity index (χ2n) is 2.70. The fraction of sp³-hybridized carbons (Fsp3) is 0.250. The van der Waals surface area contributed by atoms with E-state index in [4.69, 9.17) is 16.7 Å². The van der Waals surface area contributed by atoms with E-state index in [1.54, 1.807) is 13.0 Å². The van der Waals surface area contributed by atoms with Crippen molar-refractivity contribution in [1.29, 1.82) is 0 Å². The maximum atomic E-state index is 10.5. The van der Waals surface area contributed by atoms with Gasteiger partial charge < -0.3 is 10.4 Å². The lowest BCUT2D eigenvalue weighted by Crippen LogP contribution is -2.25. The van der Waals surface area contributed by atoms with Gasteiger partial charge in [0.1, 0.15) is 11.2 Å². The largest absolute Gasteiger partial charge is 0.480 e. The lowest BCUT2D eigenvalue weighted by molar-refractivity contribution is -0.137. The molecular weight excluding hydrogens is 271 g/mol. The van der Waals surface area contributed by atoms with E-state index in [9.17, 15) is 4.79 Å². The molecule has 0 aromatic carbocycles. The first-order chi connectivity index (χ1) is 6.50. The average molecular weight is 280 g/mol. The molecule has 0 fully saturated rings. The number of pyridine rings is 1. The molecule has 0 bridgehead atoms. The Bertz CT molecular complexity index is 359. The Hall–Kier alpha value is -0.810. The first-order valence-electron chi connectivity index (χ1n) is 3.81. The second-order valence-corrected chi connectivity index (χ2v) is 3.91. The molecule has 1 heterocycles. The van der Waals surface area contributed by atoms with E-state index < -0.39 is 12.0 Å². The van der Waals surface area contributed by atoms with Crippen LogP contribution in [0.2, 0.25) is 5.15 Å². The number of carbonyl (C=O) groups is 1. The highest BCUT2D eigenvalue weighted by Gasteiger charge is 2.10. The summed E-state index contributed by atoms with van der Waals surface area (Å²) in [4.78, 5) is 14.4. The predicted octanol–water partition coefficient (Wildman–Crippen LogP) is 2.38. The van der Waals surface area contributed by atoms with Gasteiger partial charge in [-0.15, -0.1) is 0 Å². The van der Waals surface area contributed by atoms with Gasteiger partial charge in [0.2, 0.25) is 0 Å². The normalized spacial score (nSPS) is 12.2. The van der Waals surface area contributed by atoms with Crippen LogP contribution in [0, 0.1) is 0 Å². The van der Waals surface area contributed by atoms with Crippen LogP contribution >= 0.6 is 27.5 Å². The van der Waals surface area contributed by atoms with E-state index in [1.807, 2.05) is 0 Å². The fourth-order valence-electron chi connectivity index (χ4n) is 0.812. The van der Waals surface area contributed by atoms with Gasteiger partial charge >= 0.3 is 5.97 Å². The van der Waals surface area contributed by atoms with Gasteiger partial charge in [0.15, 0.2) is 0 Å². The van der Waals surface area contributed by atoms with Gasteiger partial charge in [0.25, 0.3) is 0 Å². The highest BCUT2D eigenvalue weighted by molar-refractivity contribution is 9.10. The smallest absolute Gasteiger partial charge is 0.325 e. The SMILES string of the molecule is CC(Nc1cnc(Cl)c(Br)c1)C(=O)O. The van der Waals surface area contributed by atoms with Crippen molar-refractivity contribution >= 4 is 39.2 Å². The number of hydrogen-bond acceptors (Lipinski definition) is 3. The topological polar surface area (TPSA) is 62.2 Å². The minimum atomic E-state index is -0.920. The third-order valence-electron chi connectivity index (χ3n) is 1.55. The lowest BCUT2D eigenvalue weighted by Gasteiger charge is -2.10. The molecule has 0 amide bonds. The number of halogens is 2. The Balaban J connectivity index is 2.78. The molecular formula is C8H8BrClN2O2. The number of carboxylic acid groups (broad SMARTS) is 1. The lowest BCUT2D eigenvalue weighted by atomic mass is 10.3. The Labute approximate surface area is 94.4 Å². The highest BCUT2D eigenvalue weighted by Crippen LogP contribution is 2.23. The van der Waals surface area contributed by atoms with E-state index >= 15 is 0 Å². The van der Waals surface area contributed by atoms with Crippen LogP contribution in [0.3, 0.4) is 0 Å². The summed E-state index contributed by atoms with van der Waals surface area (Å²) in [6.45, 7) is 1.55. The quantitative estimate of drug-likeness (QED) is 0.834. The van der Waals surface area contributed by atoms with Crippen LogP contribution in [-0.2, 0) is 4.79 Å². The molecule has 0 aliphatic carbocycles. The second kappa shape index (κ2) is 4.61. The first-order valence-corrected chi connectivity index (χ1v) is 4.98. The van der Waals surface area contributed by atoms with Crippen LogP contribution in [0.5, 0.6) is 0 Å². The molecule has 0 aliphatic heterocycles. The third-order valence-corrected chi connectivity index (χ3v) is 2.68. The number of aliphatic carboxylic acids is 1. The van der Waals surface area contributed by atoms with E-state index in [0.717, 1.165) is 0 Å². The summed E-state index contributed by atoms with van der Waals surface area (Å²) in [5.74, 6) is -0.920. The predicted molar refractivity (Wildman–Crippen MR) is 57.7 cm³/mol. The summed E-state index contributed by atoms with van der Waals surface area (Å²) < 4.78 is 0.627. The van der Waals surface area contributed by atoms with Gasteiger partial charge in [0, 0.05) is 0 Å². The van der Waals surface area contributed by atoms with Crippen molar-refractivity contribution in [1.82, 2.24) is 4.98 Å². The summed E-state index contributed by atoms with van der Waals surface area (Å²) in [6, 6.07) is 1.01. The number of aromatic nitrogens is 1. The molecule has 0 radical (unpaired) electrons. The van der Waals surface area contributed by atoms with Crippen molar-refractivity contribution in [2.24, 2.45) is 0 Å². The highest BCUT2D eigenvalue weighted by atomic mass is 79.9. The van der Waals surface area contributed by atoms with Crippen LogP contribution < -0.4 is 5.32 Å². The minimum absolute atomic E-state index is 0.346. The van der Waals surface area contributed by atoms with Crippen molar-refractivity contribution in [2.75, 3.05) is 5.32 Å². The van der Waals surface area contributed by atoms with Gasteiger partial charge in [-0.2, -0.15) is 0 Å². The van der Waals surface area contributed by atoms with E-state index in [2.05, 4.69) is 26.2 Å². The Morgan fingerprint density at radius 2 is 2.43 bits per heavy atom. The van der Waals surface area contributed by atoms with Crippen molar-refractivity contribution in [3.8, 4) is 0 Å². The van der Waals surface area contributed by atoms with Crippen LogP contribution in [0.15, 0.2) is 16.7 Å². The average Bonchev–Trinajstić information content (AvgIpc) is 2.11. The summed E-state index contributed by atoms with van der Waals surface area (Å²) in [5.41, 5.74) is 0.608. The van der Waals surface area contributed by atoms with Crippen molar-refractivity contribution in [3.63, 3.8) is 0 Å². The molecule has 1 unspecified atom stereocenters. The zero-order valence-corrected chi connectivity index (χ0v) is 9.63. The summed E-state index contributed by atoms with van der Waals surface area (Å²) in [7, 11) is 0. The van der Waals surface area contributed by atoms with Gasteiger partial charge in [-0.05, 0) is 28.9 Å². The van der Waals surface area contributed by atoms with Crippen LogP contribution in [0.4, 0.5) is 5.69 Å². The van der Waals surface area contributed by atoms with Crippen LogP contribution in [0.1, 0.15) is 6.92 Å². The summed E-state index contributed by atoms with van der Waals surface area (Å²) in [6.07, 6.45) is 1.48. The van der Waals surface area contributed by atoms with E-state index in [0.29, 0.717) is 15.3 Å². The standard InChI is InChI=1S/C8H8BrClN2O2/c1-4(8(13)14)12-5-2-6(9)7(10)11-3-5/h2-4,12H,1H3,(H,13,14). The maximum absolute atomic E-state index is 10.5. The third kappa shape index (κ3) is 2.85. The zero-order valence-electron chi connectivity index (χ0n) is 7.29. The molecule has 4 nitrogen and oxygen atoms in total. The number of rotatable bonds is 3. The van der Waals surface area contributed by atoms with E-state index in [-0.39, 0.29) is 0 Å². The maximum Gasteiger partial charge on any atom is 0.325 e. The monoisotopic (exact) mass is 278 g/mol. The zero-order chi connectivity index (χ0) is 10.7. The van der Waals surface area contributed by atoms with E-state index in [1.165, 1.54) is 6.20 Å². The molecule has 14 heavy (non-hydrogen) atoms. The molecule has 1 rings (SSSR count). The molecule has 76 valence electrons. The molecule has 1 aromatic rings. The number of carboxylic acids is 1. The molecule has 0 spiro atoms. The van der Waals surface area contributed by atoms with Crippen molar-refractivity contribution < 1.29 is 9.90 Å².